The number of esters is 2. The number of thioether (sulfide) groups is 1. The van der Waals surface area contributed by atoms with Crippen molar-refractivity contribution in [1.29, 1.82) is 5.26 Å². The van der Waals surface area contributed by atoms with E-state index in [1.165, 1.54) is 32.7 Å². The average Bonchev–Trinajstić information content (AvgIpc) is 3.50. The van der Waals surface area contributed by atoms with E-state index in [4.69, 9.17) is 23.7 Å². The number of piperazine rings is 1. The van der Waals surface area contributed by atoms with Gasteiger partial charge in [0.25, 0.3) is 0 Å². The largest absolute Gasteiger partial charge is 0.504 e. The molecule has 5 heterocycles. The number of phenolic OH excluding ortho intramolecular Hbond substituents is 1. The Morgan fingerprint density at radius 1 is 1.15 bits per heavy atom. The van der Waals surface area contributed by atoms with Gasteiger partial charge in [0.2, 0.25) is 12.7 Å². The highest BCUT2D eigenvalue weighted by Crippen LogP contribution is 2.62. The Hall–Kier alpha value is -4.19. The number of aryl methyl sites for hydroxylation is 1. The molecule has 4 bridgehead atoms. The van der Waals surface area contributed by atoms with Gasteiger partial charge >= 0.3 is 11.9 Å². The lowest BCUT2D eigenvalue weighted by atomic mass is 9.72. The van der Waals surface area contributed by atoms with E-state index in [9.17, 15) is 24.8 Å². The molecule has 0 aliphatic carbocycles. The highest BCUT2D eigenvalue weighted by molar-refractivity contribution is 7.99. The van der Waals surface area contributed by atoms with Gasteiger partial charge in [0.15, 0.2) is 23.0 Å². The van der Waals surface area contributed by atoms with E-state index in [-0.39, 0.29) is 36.9 Å². The molecule has 5 aliphatic heterocycles. The lowest BCUT2D eigenvalue weighted by Crippen LogP contribution is -2.69. The van der Waals surface area contributed by atoms with Gasteiger partial charge in [-0.1, -0.05) is 6.07 Å². The van der Waals surface area contributed by atoms with Crippen molar-refractivity contribution in [3.05, 3.63) is 39.4 Å². The normalized spacial score (nSPS) is 29.0. The van der Waals surface area contributed by atoms with Crippen molar-refractivity contribution in [1.82, 2.24) is 15.5 Å². The molecule has 0 spiro atoms. The van der Waals surface area contributed by atoms with Crippen LogP contribution < -0.4 is 29.6 Å². The van der Waals surface area contributed by atoms with Crippen LogP contribution in [0, 0.1) is 25.2 Å². The second-order valence-corrected chi connectivity index (χ2v) is 13.4. The summed E-state index contributed by atoms with van der Waals surface area (Å²) < 4.78 is 29.4. The van der Waals surface area contributed by atoms with Crippen molar-refractivity contribution >= 4 is 29.6 Å². The van der Waals surface area contributed by atoms with Gasteiger partial charge in [0.1, 0.15) is 24.4 Å². The summed E-state index contributed by atoms with van der Waals surface area (Å²) in [6.07, 6.45) is 0.470. The zero-order valence-corrected chi connectivity index (χ0v) is 26.8. The van der Waals surface area contributed by atoms with Crippen molar-refractivity contribution in [2.75, 3.05) is 26.3 Å². The molecule has 3 N–H and O–H groups in total. The van der Waals surface area contributed by atoms with Gasteiger partial charge < -0.3 is 39.4 Å². The van der Waals surface area contributed by atoms with Crippen LogP contribution in [0.1, 0.15) is 64.6 Å². The molecule has 7 rings (SSSR count). The molecule has 13 nitrogen and oxygen atoms in total. The first-order valence-corrected chi connectivity index (χ1v) is 16.1. The number of hydrogen-bond donors (Lipinski definition) is 3. The maximum atomic E-state index is 13.4. The van der Waals surface area contributed by atoms with Gasteiger partial charge in [-0.25, -0.2) is 4.79 Å². The van der Waals surface area contributed by atoms with E-state index in [1.807, 2.05) is 13.0 Å². The van der Waals surface area contributed by atoms with E-state index in [0.29, 0.717) is 51.7 Å². The van der Waals surface area contributed by atoms with E-state index >= 15 is 0 Å². The Bertz CT molecular complexity index is 1720. The zero-order chi connectivity index (χ0) is 32.6. The highest BCUT2D eigenvalue weighted by Gasteiger charge is 2.59. The van der Waals surface area contributed by atoms with Gasteiger partial charge in [-0.15, -0.1) is 11.8 Å². The van der Waals surface area contributed by atoms with Crippen LogP contribution in [0.2, 0.25) is 0 Å². The molecule has 1 amide bonds. The summed E-state index contributed by atoms with van der Waals surface area (Å²) in [7, 11) is 1.51. The fourth-order valence-electron chi connectivity index (χ4n) is 7.92. The lowest BCUT2D eigenvalue weighted by Gasteiger charge is -2.59. The Labute approximate surface area is 269 Å². The number of nitriles is 1. The first kappa shape index (κ1) is 30.5. The molecule has 242 valence electrons. The lowest BCUT2D eigenvalue weighted by molar-refractivity contribution is -0.150. The summed E-state index contributed by atoms with van der Waals surface area (Å²) in [5.41, 5.74) is 4.22. The minimum atomic E-state index is -0.947. The summed E-state index contributed by atoms with van der Waals surface area (Å²) >= 11 is 1.38. The van der Waals surface area contributed by atoms with Crippen LogP contribution in [-0.2, 0) is 25.5 Å². The second kappa shape index (κ2) is 11.3. The molecular formula is C32H34N4O9S. The van der Waals surface area contributed by atoms with Crippen molar-refractivity contribution in [3.8, 4) is 34.8 Å². The first-order chi connectivity index (χ1) is 22.0. The number of benzene rings is 2. The van der Waals surface area contributed by atoms with Crippen molar-refractivity contribution < 1.29 is 43.2 Å². The molecule has 2 aromatic rings. The average molecular weight is 651 g/mol. The number of nitrogens with zero attached hydrogens (tertiary/aromatic N) is 2. The maximum absolute atomic E-state index is 13.4. The Morgan fingerprint density at radius 2 is 1.91 bits per heavy atom. The molecule has 0 aromatic heterocycles. The topological polar surface area (TPSA) is 169 Å². The maximum Gasteiger partial charge on any atom is 0.329 e. The van der Waals surface area contributed by atoms with Gasteiger partial charge in [0, 0.05) is 53.9 Å². The monoisotopic (exact) mass is 650 g/mol. The number of fused-ring (bicyclic) bond motifs is 9. The number of ether oxygens (including phenoxy) is 5. The number of phenols is 1. The van der Waals surface area contributed by atoms with Crippen LogP contribution in [-0.4, -0.2) is 78.3 Å². The molecule has 46 heavy (non-hydrogen) atoms. The Balaban J connectivity index is 1.52. The predicted octanol–water partition coefficient (Wildman–Crippen LogP) is 2.39. The van der Waals surface area contributed by atoms with Crippen LogP contribution in [0.15, 0.2) is 6.07 Å². The third-order valence-corrected chi connectivity index (χ3v) is 10.9. The molecule has 7 atom stereocenters. The molecule has 4 unspecified atom stereocenters. The second-order valence-electron chi connectivity index (χ2n) is 12.2. The van der Waals surface area contributed by atoms with Gasteiger partial charge in [-0.05, 0) is 31.4 Å². The summed E-state index contributed by atoms with van der Waals surface area (Å²) in [5, 5.41) is 28.3. The van der Waals surface area contributed by atoms with Crippen molar-refractivity contribution in [2.45, 2.75) is 75.6 Å². The van der Waals surface area contributed by atoms with Gasteiger partial charge in [-0.2, -0.15) is 5.26 Å². The SMILES string of the molecule is COc1c(C)cc2c(c1O)C1NC(C2)[C@H](C#N)N2C1[C@@H]1SCC(NC(C)=O)C(=O)OC[C@H]2c2c3c(c(C)c(OC(C)=O)c21)OCO3. The minimum Gasteiger partial charge on any atom is -0.504 e. The highest BCUT2D eigenvalue weighted by atomic mass is 32.2. The number of cyclic esters (lactones) is 1. The fourth-order valence-corrected chi connectivity index (χ4v) is 9.43. The molecular weight excluding hydrogens is 616 g/mol. The zero-order valence-electron chi connectivity index (χ0n) is 26.0. The quantitative estimate of drug-likeness (QED) is 0.327. The van der Waals surface area contributed by atoms with Crippen LogP contribution in [0.25, 0.3) is 0 Å². The van der Waals surface area contributed by atoms with E-state index in [0.717, 1.165) is 11.1 Å². The summed E-state index contributed by atoms with van der Waals surface area (Å²) in [5.74, 6) is 0.189. The molecule has 5 aliphatic rings. The first-order valence-electron chi connectivity index (χ1n) is 15.1. The van der Waals surface area contributed by atoms with E-state index < -0.39 is 47.4 Å². The van der Waals surface area contributed by atoms with Crippen LogP contribution >= 0.6 is 11.8 Å². The Morgan fingerprint density at radius 3 is 2.61 bits per heavy atom. The number of nitrogens with one attached hydrogen (secondary N) is 2. The van der Waals surface area contributed by atoms with Crippen LogP contribution in [0.3, 0.4) is 0 Å². The predicted molar refractivity (Wildman–Crippen MR) is 163 cm³/mol. The van der Waals surface area contributed by atoms with Crippen molar-refractivity contribution in [2.24, 2.45) is 0 Å². The van der Waals surface area contributed by atoms with Crippen LogP contribution in [0.4, 0.5) is 0 Å². The number of aromatic hydroxyl groups is 1. The number of hydrogen-bond acceptors (Lipinski definition) is 13. The molecule has 2 saturated heterocycles. The van der Waals surface area contributed by atoms with Crippen molar-refractivity contribution in [3.63, 3.8) is 0 Å². The van der Waals surface area contributed by atoms with Gasteiger partial charge in [-0.3, -0.25) is 14.5 Å². The third-order valence-electron chi connectivity index (χ3n) is 9.53. The number of methoxy groups -OCH3 is 1. The Kier molecular flexibility index (Phi) is 7.45. The molecule has 2 aromatic carbocycles. The molecule has 0 saturated carbocycles. The fraction of sp³-hybridized carbons (Fsp3) is 0.500. The smallest absolute Gasteiger partial charge is 0.329 e. The number of carbonyl (C=O) groups excluding carboxylic acids is 3. The standard InChI is InChI=1S/C32H34N4O9S/c1-12-6-16-7-17-19(8-33)36-20-9-42-32(40)18(34-14(3)37)10-46-31(25(36)24(35-17)21(16)26(39)27(12)41-5)23-22(20)30-29(43-11-44-30)13(2)28(23)45-15(4)38/h6,17-20,24-25,31,35,39H,7,9-11H2,1-5H3,(H,34,37)/t17?,18?,19-,20-,24?,25?,31+/m0/s1. The third kappa shape index (κ3) is 4.47. The molecule has 14 heteroatoms. The van der Waals surface area contributed by atoms with E-state index in [1.54, 1.807) is 6.92 Å². The summed E-state index contributed by atoms with van der Waals surface area (Å²) in [6, 6.07) is 0.815. The van der Waals surface area contributed by atoms with Gasteiger partial charge in [0.05, 0.1) is 30.5 Å². The molecule has 0 radical (unpaired) electrons. The summed E-state index contributed by atoms with van der Waals surface area (Å²) in [4.78, 5) is 40.1. The molecule has 2 fully saturated rings. The number of amides is 1. The van der Waals surface area contributed by atoms with E-state index in [2.05, 4.69) is 21.6 Å². The van der Waals surface area contributed by atoms with Crippen LogP contribution in [0.5, 0.6) is 28.7 Å². The number of rotatable bonds is 3. The number of carbonyl (C=O) groups is 3. The minimum absolute atomic E-state index is 0.0200. The summed E-state index contributed by atoms with van der Waals surface area (Å²) in [6.45, 7) is 6.09.